The summed E-state index contributed by atoms with van der Waals surface area (Å²) >= 11 is 0. The molecule has 0 aromatic carbocycles. The van der Waals surface area contributed by atoms with Crippen LogP contribution in [0.4, 0.5) is 4.79 Å². The fourth-order valence-electron chi connectivity index (χ4n) is 0.973. The molecule has 0 aromatic heterocycles. The zero-order chi connectivity index (χ0) is 11.1. The van der Waals surface area contributed by atoms with Crippen molar-refractivity contribution in [2.45, 2.75) is 19.4 Å². The summed E-state index contributed by atoms with van der Waals surface area (Å²) in [7, 11) is 1.40. The van der Waals surface area contributed by atoms with Gasteiger partial charge in [0, 0.05) is 7.05 Å². The van der Waals surface area contributed by atoms with Crippen LogP contribution < -0.4 is 0 Å². The second-order valence-electron chi connectivity index (χ2n) is 2.74. The molecule has 1 N–H and O–H groups in total. The maximum absolute atomic E-state index is 11.2. The van der Waals surface area contributed by atoms with Gasteiger partial charge in [-0.2, -0.15) is 0 Å². The number of ether oxygens (including phenoxy) is 1. The van der Waals surface area contributed by atoms with Gasteiger partial charge in [0.1, 0.15) is 12.6 Å². The highest BCUT2D eigenvalue weighted by Crippen LogP contribution is 2.03. The van der Waals surface area contributed by atoms with Gasteiger partial charge in [0.25, 0.3) is 0 Å². The molecule has 0 unspecified atom stereocenters. The Morgan fingerprint density at radius 1 is 1.64 bits per heavy atom. The molecule has 1 amide bonds. The molecule has 0 saturated carbocycles. The van der Waals surface area contributed by atoms with Crippen molar-refractivity contribution in [3.8, 4) is 0 Å². The molecule has 5 heteroatoms. The van der Waals surface area contributed by atoms with Gasteiger partial charge >= 0.3 is 12.1 Å². The third-order valence-corrected chi connectivity index (χ3v) is 1.75. The summed E-state index contributed by atoms with van der Waals surface area (Å²) in [5, 5.41) is 8.75. The Morgan fingerprint density at radius 2 is 2.21 bits per heavy atom. The molecule has 0 spiro atoms. The number of nitrogens with zero attached hydrogens (tertiary/aromatic N) is 1. The monoisotopic (exact) mass is 201 g/mol. The van der Waals surface area contributed by atoms with Crippen LogP contribution in [-0.4, -0.2) is 41.8 Å². The Morgan fingerprint density at radius 3 is 2.57 bits per heavy atom. The van der Waals surface area contributed by atoms with Gasteiger partial charge in [0.2, 0.25) is 0 Å². The first-order chi connectivity index (χ1) is 6.54. The van der Waals surface area contributed by atoms with E-state index in [1.807, 2.05) is 0 Å². The smallest absolute Gasteiger partial charge is 0.410 e. The van der Waals surface area contributed by atoms with Crippen LogP contribution in [-0.2, 0) is 9.53 Å². The van der Waals surface area contributed by atoms with Crippen molar-refractivity contribution in [2.24, 2.45) is 0 Å². The lowest BCUT2D eigenvalue weighted by atomic mass is 10.2. The number of hydrogen-bond acceptors (Lipinski definition) is 3. The summed E-state index contributed by atoms with van der Waals surface area (Å²) < 4.78 is 4.69. The first kappa shape index (κ1) is 12.5. The molecule has 14 heavy (non-hydrogen) atoms. The molecule has 5 nitrogen and oxygen atoms in total. The number of rotatable bonds is 5. The van der Waals surface area contributed by atoms with Crippen LogP contribution in [0.5, 0.6) is 0 Å². The van der Waals surface area contributed by atoms with Crippen molar-refractivity contribution >= 4 is 12.1 Å². The highest BCUT2D eigenvalue weighted by Gasteiger charge is 2.25. The Hall–Kier alpha value is -1.52. The molecule has 0 aliphatic carbocycles. The van der Waals surface area contributed by atoms with Gasteiger partial charge in [0.05, 0.1) is 0 Å². The minimum atomic E-state index is -1.04. The van der Waals surface area contributed by atoms with Crippen LogP contribution in [0.25, 0.3) is 0 Å². The van der Waals surface area contributed by atoms with Gasteiger partial charge in [-0.1, -0.05) is 19.6 Å². The number of hydrogen-bond donors (Lipinski definition) is 1. The molecular formula is C9H15NO4. The molecule has 0 rings (SSSR count). The van der Waals surface area contributed by atoms with Crippen LogP contribution in [0.15, 0.2) is 12.7 Å². The Balaban J connectivity index is 4.26. The van der Waals surface area contributed by atoms with Gasteiger partial charge < -0.3 is 9.84 Å². The summed E-state index contributed by atoms with van der Waals surface area (Å²) in [5.41, 5.74) is 0. The van der Waals surface area contributed by atoms with E-state index in [-0.39, 0.29) is 6.61 Å². The zero-order valence-corrected chi connectivity index (χ0v) is 8.40. The predicted octanol–water partition coefficient (Wildman–Crippen LogP) is 1.10. The van der Waals surface area contributed by atoms with Crippen LogP contribution in [0.2, 0.25) is 0 Å². The van der Waals surface area contributed by atoms with E-state index in [0.717, 1.165) is 4.90 Å². The SMILES string of the molecule is C=CCOC(=O)N(C)[C@H](CC)C(=O)O. The van der Waals surface area contributed by atoms with E-state index in [0.29, 0.717) is 6.42 Å². The van der Waals surface area contributed by atoms with Crippen molar-refractivity contribution in [3.05, 3.63) is 12.7 Å². The molecule has 1 atom stereocenters. The molecular weight excluding hydrogens is 186 g/mol. The molecule has 0 aromatic rings. The first-order valence-electron chi connectivity index (χ1n) is 4.27. The summed E-state index contributed by atoms with van der Waals surface area (Å²) in [6, 6.07) is -0.840. The summed E-state index contributed by atoms with van der Waals surface area (Å²) in [6.07, 6.45) is 1.11. The minimum Gasteiger partial charge on any atom is -0.480 e. The number of carboxylic acids is 1. The minimum absolute atomic E-state index is 0.0826. The van der Waals surface area contributed by atoms with Gasteiger partial charge in [-0.25, -0.2) is 9.59 Å². The van der Waals surface area contributed by atoms with Crippen LogP contribution in [0.3, 0.4) is 0 Å². The van der Waals surface area contributed by atoms with E-state index in [9.17, 15) is 9.59 Å². The van der Waals surface area contributed by atoms with Crippen LogP contribution in [0.1, 0.15) is 13.3 Å². The van der Waals surface area contributed by atoms with E-state index >= 15 is 0 Å². The molecule has 0 radical (unpaired) electrons. The number of amides is 1. The maximum atomic E-state index is 11.2. The van der Waals surface area contributed by atoms with Crippen molar-refractivity contribution < 1.29 is 19.4 Å². The van der Waals surface area contributed by atoms with E-state index in [4.69, 9.17) is 9.84 Å². The second-order valence-corrected chi connectivity index (χ2v) is 2.74. The van der Waals surface area contributed by atoms with Crippen LogP contribution >= 0.6 is 0 Å². The maximum Gasteiger partial charge on any atom is 0.410 e. The van der Waals surface area contributed by atoms with Crippen LogP contribution in [0, 0.1) is 0 Å². The Bertz CT molecular complexity index is 227. The topological polar surface area (TPSA) is 66.8 Å². The van der Waals surface area contributed by atoms with Gasteiger partial charge in [0.15, 0.2) is 0 Å². The predicted molar refractivity (Wildman–Crippen MR) is 51.0 cm³/mol. The van der Waals surface area contributed by atoms with Crippen molar-refractivity contribution in [1.82, 2.24) is 4.90 Å². The molecule has 80 valence electrons. The van der Waals surface area contributed by atoms with Crippen molar-refractivity contribution in [1.29, 1.82) is 0 Å². The number of carbonyl (C=O) groups excluding carboxylic acids is 1. The highest BCUT2D eigenvalue weighted by molar-refractivity contribution is 5.79. The van der Waals surface area contributed by atoms with E-state index < -0.39 is 18.1 Å². The lowest BCUT2D eigenvalue weighted by Gasteiger charge is -2.22. The normalized spacial score (nSPS) is 11.6. The molecule has 0 aliphatic heterocycles. The fourth-order valence-corrected chi connectivity index (χ4v) is 0.973. The number of carbonyl (C=O) groups is 2. The van der Waals surface area contributed by atoms with Crippen molar-refractivity contribution in [3.63, 3.8) is 0 Å². The molecule has 0 saturated heterocycles. The average molecular weight is 201 g/mol. The lowest BCUT2D eigenvalue weighted by Crippen LogP contribution is -2.42. The van der Waals surface area contributed by atoms with E-state index in [2.05, 4.69) is 6.58 Å². The standard InChI is InChI=1S/C9H15NO4/c1-4-6-14-9(13)10(3)7(5-2)8(11)12/h4,7H,1,5-6H2,2-3H3,(H,11,12)/t7-/m1/s1. The third kappa shape index (κ3) is 3.47. The number of aliphatic carboxylic acids is 1. The third-order valence-electron chi connectivity index (χ3n) is 1.75. The van der Waals surface area contributed by atoms with Crippen molar-refractivity contribution in [2.75, 3.05) is 13.7 Å². The quantitative estimate of drug-likeness (QED) is 0.676. The van der Waals surface area contributed by atoms with Gasteiger partial charge in [-0.05, 0) is 6.42 Å². The van der Waals surface area contributed by atoms with E-state index in [1.165, 1.54) is 13.1 Å². The second kappa shape index (κ2) is 6.01. The summed E-state index contributed by atoms with van der Waals surface area (Å²) in [6.45, 7) is 5.15. The molecule has 0 bridgehead atoms. The Labute approximate surface area is 83.0 Å². The fraction of sp³-hybridized carbons (Fsp3) is 0.556. The van der Waals surface area contributed by atoms with Gasteiger partial charge in [-0.3, -0.25) is 4.90 Å². The molecule has 0 fully saturated rings. The Kier molecular flexibility index (Phi) is 5.36. The highest BCUT2D eigenvalue weighted by atomic mass is 16.6. The van der Waals surface area contributed by atoms with E-state index in [1.54, 1.807) is 6.92 Å². The first-order valence-corrected chi connectivity index (χ1v) is 4.27. The van der Waals surface area contributed by atoms with Gasteiger partial charge in [-0.15, -0.1) is 0 Å². The molecule has 0 heterocycles. The lowest BCUT2D eigenvalue weighted by molar-refractivity contribution is -0.142. The number of carboxylic acid groups (broad SMARTS) is 1. The average Bonchev–Trinajstić information content (AvgIpc) is 2.14. The summed E-state index contributed by atoms with van der Waals surface area (Å²) in [4.78, 5) is 22.9. The summed E-state index contributed by atoms with van der Waals surface area (Å²) in [5.74, 6) is -1.04. The zero-order valence-electron chi connectivity index (χ0n) is 8.40. The molecule has 0 aliphatic rings. The number of likely N-dealkylation sites (N-methyl/N-ethyl adjacent to an activating group) is 1. The largest absolute Gasteiger partial charge is 0.480 e.